The van der Waals surface area contributed by atoms with Crippen LogP contribution in [0.4, 0.5) is 0 Å². The molecule has 1 aromatic rings. The summed E-state index contributed by atoms with van der Waals surface area (Å²) in [4.78, 5) is 0. The van der Waals surface area contributed by atoms with E-state index in [-0.39, 0.29) is 0 Å². The number of nitrogens with one attached hydrogen (secondary N) is 1. The normalized spacial score (nSPS) is 32.9. The van der Waals surface area contributed by atoms with Crippen LogP contribution >= 0.6 is 0 Å². The van der Waals surface area contributed by atoms with Gasteiger partial charge in [-0.1, -0.05) is 24.3 Å². The summed E-state index contributed by atoms with van der Waals surface area (Å²) in [6.07, 6.45) is 5.50. The predicted molar refractivity (Wildman–Crippen MR) is 67.7 cm³/mol. The average Bonchev–Trinajstić information content (AvgIpc) is 2.26. The first kappa shape index (κ1) is 10.3. The minimum atomic E-state index is 0.731. The molecule has 0 radical (unpaired) electrons. The predicted octanol–water partition coefficient (Wildman–Crippen LogP) is 3.10. The number of benzene rings is 1. The highest BCUT2D eigenvalue weighted by Gasteiger charge is 2.29. The molecule has 3 rings (SSSR count). The highest BCUT2D eigenvalue weighted by atomic mass is 14.9. The zero-order valence-corrected chi connectivity index (χ0v) is 10.1. The topological polar surface area (TPSA) is 12.0 Å². The molecule has 1 aliphatic carbocycles. The Morgan fingerprint density at radius 2 is 2.19 bits per heavy atom. The van der Waals surface area contributed by atoms with Gasteiger partial charge in [0.05, 0.1) is 0 Å². The first-order valence-electron chi connectivity index (χ1n) is 6.64. The molecule has 0 amide bonds. The molecular formula is C15H21N. The molecule has 0 aromatic heterocycles. The zero-order valence-electron chi connectivity index (χ0n) is 10.1. The second-order valence-corrected chi connectivity index (χ2v) is 5.58. The molecule has 1 fully saturated rings. The fourth-order valence-electron chi connectivity index (χ4n) is 3.42. The highest BCUT2D eigenvalue weighted by Crippen LogP contribution is 2.40. The molecule has 0 bridgehead atoms. The van der Waals surface area contributed by atoms with Crippen LogP contribution in [0.25, 0.3) is 0 Å². The van der Waals surface area contributed by atoms with Crippen molar-refractivity contribution in [3.63, 3.8) is 0 Å². The van der Waals surface area contributed by atoms with Crippen molar-refractivity contribution in [1.29, 1.82) is 0 Å². The summed E-state index contributed by atoms with van der Waals surface area (Å²) in [5.74, 6) is 1.82. The summed E-state index contributed by atoms with van der Waals surface area (Å²) in [6, 6.07) is 9.71. The van der Waals surface area contributed by atoms with E-state index in [1.165, 1.54) is 32.2 Å². The van der Waals surface area contributed by atoms with Crippen LogP contribution in [0.3, 0.4) is 0 Å². The number of rotatable bonds is 2. The lowest BCUT2D eigenvalue weighted by molar-refractivity contribution is 0.278. The molecule has 1 saturated heterocycles. The maximum Gasteiger partial charge on any atom is 0.00413 e. The van der Waals surface area contributed by atoms with Crippen LogP contribution in [0.15, 0.2) is 24.3 Å². The molecule has 16 heavy (non-hydrogen) atoms. The van der Waals surface area contributed by atoms with Crippen molar-refractivity contribution in [3.05, 3.63) is 35.4 Å². The highest BCUT2D eigenvalue weighted by molar-refractivity contribution is 5.39. The Labute approximate surface area is 98.3 Å². The maximum atomic E-state index is 3.54. The molecular weight excluding hydrogens is 194 g/mol. The van der Waals surface area contributed by atoms with E-state index in [1.807, 2.05) is 0 Å². The summed E-state index contributed by atoms with van der Waals surface area (Å²) in [7, 11) is 0. The largest absolute Gasteiger partial charge is 0.314 e. The first-order valence-corrected chi connectivity index (χ1v) is 6.64. The maximum absolute atomic E-state index is 3.54. The Morgan fingerprint density at radius 1 is 1.31 bits per heavy atom. The van der Waals surface area contributed by atoms with Crippen LogP contribution in [0.2, 0.25) is 0 Å². The van der Waals surface area contributed by atoms with Gasteiger partial charge in [0, 0.05) is 6.04 Å². The van der Waals surface area contributed by atoms with Gasteiger partial charge in [-0.25, -0.2) is 0 Å². The van der Waals surface area contributed by atoms with Crippen molar-refractivity contribution < 1.29 is 0 Å². The second-order valence-electron chi connectivity index (χ2n) is 5.58. The molecule has 3 unspecified atom stereocenters. The summed E-state index contributed by atoms with van der Waals surface area (Å²) < 4.78 is 0. The Hall–Kier alpha value is -0.820. The van der Waals surface area contributed by atoms with Crippen molar-refractivity contribution in [2.24, 2.45) is 5.92 Å². The van der Waals surface area contributed by atoms with Crippen LogP contribution in [-0.4, -0.2) is 12.6 Å². The van der Waals surface area contributed by atoms with E-state index in [4.69, 9.17) is 0 Å². The van der Waals surface area contributed by atoms with Crippen LogP contribution in [-0.2, 0) is 6.42 Å². The lowest BCUT2D eigenvalue weighted by atomic mass is 9.71. The van der Waals surface area contributed by atoms with Crippen LogP contribution in [0, 0.1) is 5.92 Å². The van der Waals surface area contributed by atoms with Gasteiger partial charge >= 0.3 is 0 Å². The summed E-state index contributed by atoms with van der Waals surface area (Å²) in [5, 5.41) is 3.54. The third kappa shape index (κ3) is 1.89. The Morgan fingerprint density at radius 3 is 3.00 bits per heavy atom. The van der Waals surface area contributed by atoms with Crippen molar-refractivity contribution in [1.82, 2.24) is 5.32 Å². The summed E-state index contributed by atoms with van der Waals surface area (Å²) >= 11 is 0. The van der Waals surface area contributed by atoms with E-state index in [1.54, 1.807) is 11.1 Å². The number of piperidine rings is 1. The third-order valence-electron chi connectivity index (χ3n) is 4.31. The molecule has 1 nitrogen and oxygen atoms in total. The van der Waals surface area contributed by atoms with E-state index >= 15 is 0 Å². The van der Waals surface area contributed by atoms with Gasteiger partial charge in [0.15, 0.2) is 0 Å². The molecule has 1 aliphatic heterocycles. The van der Waals surface area contributed by atoms with E-state index in [9.17, 15) is 0 Å². The van der Waals surface area contributed by atoms with Crippen molar-refractivity contribution in [3.8, 4) is 0 Å². The van der Waals surface area contributed by atoms with Gasteiger partial charge < -0.3 is 5.32 Å². The Kier molecular flexibility index (Phi) is 2.72. The lowest BCUT2D eigenvalue weighted by Gasteiger charge is -2.36. The van der Waals surface area contributed by atoms with E-state index in [0.29, 0.717) is 0 Å². The molecule has 1 aromatic carbocycles. The van der Waals surface area contributed by atoms with Gasteiger partial charge in [0.25, 0.3) is 0 Å². The first-order chi connectivity index (χ1) is 7.83. The van der Waals surface area contributed by atoms with Crippen LogP contribution in [0.1, 0.15) is 43.2 Å². The van der Waals surface area contributed by atoms with E-state index < -0.39 is 0 Å². The average molecular weight is 215 g/mol. The van der Waals surface area contributed by atoms with Gasteiger partial charge in [0.2, 0.25) is 0 Å². The molecule has 86 valence electrons. The standard InChI is InChI=1S/C15H21N/c1-11-8-12(6-7-16-11)9-14-10-13-4-2-3-5-15(13)14/h2-5,11-12,14,16H,6-10H2,1H3. The van der Waals surface area contributed by atoms with E-state index in [0.717, 1.165) is 17.9 Å². The van der Waals surface area contributed by atoms with Gasteiger partial charge in [-0.05, 0) is 62.1 Å². The molecule has 3 atom stereocenters. The van der Waals surface area contributed by atoms with Crippen molar-refractivity contribution in [2.45, 2.75) is 44.6 Å². The fraction of sp³-hybridized carbons (Fsp3) is 0.600. The second kappa shape index (κ2) is 4.21. The molecule has 1 N–H and O–H groups in total. The number of hydrogen-bond acceptors (Lipinski definition) is 1. The quantitative estimate of drug-likeness (QED) is 0.799. The SMILES string of the molecule is CC1CC(CC2Cc3ccccc32)CCN1. The van der Waals surface area contributed by atoms with Crippen molar-refractivity contribution in [2.75, 3.05) is 6.54 Å². The molecule has 1 heteroatoms. The van der Waals surface area contributed by atoms with Crippen LogP contribution < -0.4 is 5.32 Å². The number of fused-ring (bicyclic) bond motifs is 1. The fourth-order valence-corrected chi connectivity index (χ4v) is 3.42. The summed E-state index contributed by atoms with van der Waals surface area (Å²) in [6.45, 7) is 3.54. The van der Waals surface area contributed by atoms with Gasteiger partial charge in [-0.3, -0.25) is 0 Å². The Balaban J connectivity index is 1.61. The van der Waals surface area contributed by atoms with Gasteiger partial charge in [-0.15, -0.1) is 0 Å². The summed E-state index contributed by atoms with van der Waals surface area (Å²) in [5.41, 5.74) is 3.23. The van der Waals surface area contributed by atoms with Crippen molar-refractivity contribution >= 4 is 0 Å². The minimum Gasteiger partial charge on any atom is -0.314 e. The smallest absolute Gasteiger partial charge is 0.00413 e. The zero-order chi connectivity index (χ0) is 11.0. The lowest BCUT2D eigenvalue weighted by Crippen LogP contribution is -2.36. The molecule has 2 aliphatic rings. The minimum absolute atomic E-state index is 0.731. The van der Waals surface area contributed by atoms with Crippen LogP contribution in [0.5, 0.6) is 0 Å². The van der Waals surface area contributed by atoms with E-state index in [2.05, 4.69) is 36.5 Å². The van der Waals surface area contributed by atoms with Gasteiger partial charge in [-0.2, -0.15) is 0 Å². The monoisotopic (exact) mass is 215 g/mol. The molecule has 0 spiro atoms. The Bertz CT molecular complexity index is 371. The molecule has 0 saturated carbocycles. The third-order valence-corrected chi connectivity index (χ3v) is 4.31. The molecule has 1 heterocycles. The van der Waals surface area contributed by atoms with Gasteiger partial charge in [0.1, 0.15) is 0 Å². The number of hydrogen-bond donors (Lipinski definition) is 1.